The molecule has 19 heavy (non-hydrogen) atoms. The van der Waals surface area contributed by atoms with E-state index in [4.69, 9.17) is 14.8 Å². The highest BCUT2D eigenvalue weighted by atomic mass is 19.2. The maximum absolute atomic E-state index is 13.9. The Labute approximate surface area is 110 Å². The van der Waals surface area contributed by atoms with Gasteiger partial charge in [0.1, 0.15) is 5.75 Å². The number of fused-ring (bicyclic) bond motifs is 1. The lowest BCUT2D eigenvalue weighted by atomic mass is 9.99. The summed E-state index contributed by atoms with van der Waals surface area (Å²) in [5.41, 5.74) is 0.474. The van der Waals surface area contributed by atoms with Crippen molar-refractivity contribution in [3.8, 4) is 11.5 Å². The van der Waals surface area contributed by atoms with Crippen molar-refractivity contribution < 1.29 is 28.2 Å². The SMILES string of the molecule is CCCC1CCc2cc(OB(O)O)c(F)c(F)c2O1. The van der Waals surface area contributed by atoms with Gasteiger partial charge in [-0.25, -0.2) is 0 Å². The molecule has 0 fully saturated rings. The maximum Gasteiger partial charge on any atom is 0.707 e. The van der Waals surface area contributed by atoms with E-state index >= 15 is 0 Å². The highest BCUT2D eigenvalue weighted by Gasteiger charge is 2.28. The molecule has 0 saturated carbocycles. The fourth-order valence-electron chi connectivity index (χ4n) is 2.22. The number of hydrogen-bond acceptors (Lipinski definition) is 4. The van der Waals surface area contributed by atoms with Crippen molar-refractivity contribution in [3.05, 3.63) is 23.3 Å². The molecule has 0 bridgehead atoms. The van der Waals surface area contributed by atoms with Gasteiger partial charge in [-0.3, -0.25) is 0 Å². The third-order valence-corrected chi connectivity index (χ3v) is 3.07. The van der Waals surface area contributed by atoms with E-state index in [1.165, 1.54) is 6.07 Å². The molecule has 0 amide bonds. The molecule has 1 aromatic rings. The van der Waals surface area contributed by atoms with Gasteiger partial charge in [0.15, 0.2) is 5.75 Å². The average Bonchev–Trinajstić information content (AvgIpc) is 2.36. The predicted molar refractivity (Wildman–Crippen MR) is 64.8 cm³/mol. The summed E-state index contributed by atoms with van der Waals surface area (Å²) >= 11 is 0. The first-order chi connectivity index (χ1) is 9.02. The molecule has 4 nitrogen and oxygen atoms in total. The highest BCUT2D eigenvalue weighted by molar-refractivity contribution is 6.33. The number of ether oxygens (including phenoxy) is 1. The van der Waals surface area contributed by atoms with Gasteiger partial charge in [-0.05, 0) is 25.3 Å². The van der Waals surface area contributed by atoms with Crippen LogP contribution in [0.25, 0.3) is 0 Å². The lowest BCUT2D eigenvalue weighted by molar-refractivity contribution is 0.152. The van der Waals surface area contributed by atoms with E-state index in [1.54, 1.807) is 0 Å². The molecule has 0 saturated heterocycles. The van der Waals surface area contributed by atoms with Crippen molar-refractivity contribution in [3.63, 3.8) is 0 Å². The molecule has 2 rings (SSSR count). The standard InChI is InChI=1S/C12H15BF2O4/c1-2-3-8-5-4-7-6-9(19-13(16)17)10(14)11(15)12(7)18-8/h6,8,16-17H,2-5H2,1H3. The minimum absolute atomic E-state index is 0.0954. The van der Waals surface area contributed by atoms with Gasteiger partial charge in [-0.15, -0.1) is 0 Å². The molecule has 7 heteroatoms. The van der Waals surface area contributed by atoms with Crippen LogP contribution in [0.15, 0.2) is 6.07 Å². The van der Waals surface area contributed by atoms with Gasteiger partial charge < -0.3 is 19.4 Å². The molecule has 1 unspecified atom stereocenters. The summed E-state index contributed by atoms with van der Waals surface area (Å²) in [5.74, 6) is -3.04. The first kappa shape index (κ1) is 14.1. The summed E-state index contributed by atoms with van der Waals surface area (Å²) < 4.78 is 37.4. The zero-order chi connectivity index (χ0) is 14.0. The highest BCUT2D eigenvalue weighted by Crippen LogP contribution is 2.37. The molecule has 104 valence electrons. The number of hydrogen-bond donors (Lipinski definition) is 2. The van der Waals surface area contributed by atoms with Crippen molar-refractivity contribution >= 4 is 7.32 Å². The summed E-state index contributed by atoms with van der Waals surface area (Å²) in [7, 11) is -2.19. The van der Waals surface area contributed by atoms with Crippen LogP contribution in [0.3, 0.4) is 0 Å². The van der Waals surface area contributed by atoms with Crippen molar-refractivity contribution in [1.29, 1.82) is 0 Å². The van der Waals surface area contributed by atoms with Crippen LogP contribution in [0, 0.1) is 11.6 Å². The van der Waals surface area contributed by atoms with Crippen molar-refractivity contribution in [2.75, 3.05) is 0 Å². The maximum atomic E-state index is 13.9. The number of aryl methyl sites for hydroxylation is 1. The minimum atomic E-state index is -2.19. The van der Waals surface area contributed by atoms with Gasteiger partial charge in [0, 0.05) is 5.56 Å². The second-order valence-corrected chi connectivity index (χ2v) is 4.50. The minimum Gasteiger partial charge on any atom is -0.509 e. The quantitative estimate of drug-likeness (QED) is 0.820. The smallest absolute Gasteiger partial charge is 0.509 e. The van der Waals surface area contributed by atoms with E-state index in [9.17, 15) is 8.78 Å². The van der Waals surface area contributed by atoms with Crippen LogP contribution in [0.5, 0.6) is 11.5 Å². The summed E-state index contributed by atoms with van der Waals surface area (Å²) in [6, 6.07) is 1.25. The Balaban J connectivity index is 2.31. The molecule has 1 aliphatic heterocycles. The summed E-state index contributed by atoms with van der Waals surface area (Å²) in [6.45, 7) is 2.00. The molecule has 0 aromatic heterocycles. The molecule has 1 aromatic carbocycles. The van der Waals surface area contributed by atoms with E-state index in [0.29, 0.717) is 18.4 Å². The molecule has 1 aliphatic rings. The largest absolute Gasteiger partial charge is 0.707 e. The molecule has 1 heterocycles. The molecular weight excluding hydrogens is 257 g/mol. The lowest BCUT2D eigenvalue weighted by Gasteiger charge is -2.27. The second kappa shape index (κ2) is 5.75. The molecule has 0 spiro atoms. The fraction of sp³-hybridized carbons (Fsp3) is 0.500. The van der Waals surface area contributed by atoms with E-state index in [0.717, 1.165) is 12.8 Å². The van der Waals surface area contributed by atoms with E-state index in [-0.39, 0.29) is 11.9 Å². The summed E-state index contributed by atoms with van der Waals surface area (Å²) in [5, 5.41) is 17.3. The van der Waals surface area contributed by atoms with E-state index in [2.05, 4.69) is 4.65 Å². The van der Waals surface area contributed by atoms with Crippen LogP contribution in [-0.2, 0) is 6.42 Å². The van der Waals surface area contributed by atoms with Crippen LogP contribution in [0.2, 0.25) is 0 Å². The Kier molecular flexibility index (Phi) is 4.26. The van der Waals surface area contributed by atoms with Crippen LogP contribution in [0.4, 0.5) is 8.78 Å². The van der Waals surface area contributed by atoms with Crippen molar-refractivity contribution in [2.45, 2.75) is 38.7 Å². The third kappa shape index (κ3) is 2.98. The molecular formula is C12H15BF2O4. The Morgan fingerprint density at radius 2 is 2.16 bits per heavy atom. The zero-order valence-electron chi connectivity index (χ0n) is 10.5. The first-order valence-corrected chi connectivity index (χ1v) is 6.23. The zero-order valence-corrected chi connectivity index (χ0v) is 10.5. The van der Waals surface area contributed by atoms with Gasteiger partial charge in [0.25, 0.3) is 0 Å². The van der Waals surface area contributed by atoms with Crippen molar-refractivity contribution in [2.24, 2.45) is 0 Å². The topological polar surface area (TPSA) is 58.9 Å². The van der Waals surface area contributed by atoms with Gasteiger partial charge in [-0.2, -0.15) is 8.78 Å². The van der Waals surface area contributed by atoms with Gasteiger partial charge in [0.05, 0.1) is 6.10 Å². The van der Waals surface area contributed by atoms with Crippen LogP contribution in [-0.4, -0.2) is 23.5 Å². The van der Waals surface area contributed by atoms with E-state index in [1.807, 2.05) is 6.92 Å². The number of benzene rings is 1. The Bertz CT molecular complexity index is 468. The first-order valence-electron chi connectivity index (χ1n) is 6.23. The summed E-state index contributed by atoms with van der Waals surface area (Å²) in [6.07, 6.45) is 2.83. The van der Waals surface area contributed by atoms with E-state index < -0.39 is 24.7 Å². The van der Waals surface area contributed by atoms with Crippen LogP contribution in [0.1, 0.15) is 31.7 Å². The van der Waals surface area contributed by atoms with Crippen LogP contribution >= 0.6 is 0 Å². The van der Waals surface area contributed by atoms with Gasteiger partial charge >= 0.3 is 7.32 Å². The lowest BCUT2D eigenvalue weighted by Crippen LogP contribution is -2.25. The monoisotopic (exact) mass is 272 g/mol. The Morgan fingerprint density at radius 1 is 1.42 bits per heavy atom. The molecule has 0 radical (unpaired) electrons. The Morgan fingerprint density at radius 3 is 2.79 bits per heavy atom. The molecule has 1 atom stereocenters. The molecule has 0 aliphatic carbocycles. The normalized spacial score (nSPS) is 17.6. The molecule has 2 N–H and O–H groups in total. The van der Waals surface area contributed by atoms with Crippen LogP contribution < -0.4 is 9.39 Å². The number of rotatable bonds is 4. The number of halogens is 2. The Hall–Kier alpha value is -1.34. The third-order valence-electron chi connectivity index (χ3n) is 3.07. The average molecular weight is 272 g/mol. The van der Waals surface area contributed by atoms with Crippen molar-refractivity contribution in [1.82, 2.24) is 0 Å². The van der Waals surface area contributed by atoms with Gasteiger partial charge in [0.2, 0.25) is 11.6 Å². The fourth-order valence-corrected chi connectivity index (χ4v) is 2.22. The van der Waals surface area contributed by atoms with Gasteiger partial charge in [-0.1, -0.05) is 13.3 Å². The summed E-state index contributed by atoms with van der Waals surface area (Å²) in [4.78, 5) is 0. The second-order valence-electron chi connectivity index (χ2n) is 4.50. The predicted octanol–water partition coefficient (Wildman–Crippen LogP) is 1.81.